The molecule has 5 rings (SSSR count). The van der Waals surface area contributed by atoms with Crippen LogP contribution in [0.25, 0.3) is 0 Å². The Morgan fingerprint density at radius 1 is 0.469 bits per heavy atom. The summed E-state index contributed by atoms with van der Waals surface area (Å²) >= 11 is 0. The van der Waals surface area contributed by atoms with Gasteiger partial charge >= 0.3 is 23.9 Å². The molecule has 0 spiro atoms. The summed E-state index contributed by atoms with van der Waals surface area (Å²) in [6, 6.07) is 33.2. The molecule has 5 atom stereocenters. The number of ether oxygens (including phenoxy) is 5. The lowest BCUT2D eigenvalue weighted by Gasteiger charge is -2.44. The monoisotopic (exact) mass is 664 g/mol. The molecular formula is C40H40O9. The number of carbonyl (C=O) groups excluding carboxylic acids is 4. The molecule has 9 nitrogen and oxygen atoms in total. The first-order valence-corrected chi connectivity index (χ1v) is 16.6. The molecule has 4 aromatic carbocycles. The van der Waals surface area contributed by atoms with Crippen molar-refractivity contribution in [2.45, 2.75) is 76.2 Å². The van der Waals surface area contributed by atoms with Crippen LogP contribution >= 0.6 is 0 Å². The normalized spacial score (nSPS) is 20.1. The van der Waals surface area contributed by atoms with Crippen LogP contribution < -0.4 is 0 Å². The van der Waals surface area contributed by atoms with Crippen LogP contribution in [0.2, 0.25) is 0 Å². The largest absolute Gasteiger partial charge is 0.452 e. The average molecular weight is 665 g/mol. The minimum Gasteiger partial charge on any atom is -0.452 e. The van der Waals surface area contributed by atoms with E-state index in [1.165, 1.54) is 0 Å². The maximum Gasteiger partial charge on any atom is 0.340 e. The van der Waals surface area contributed by atoms with Crippen molar-refractivity contribution in [1.29, 1.82) is 0 Å². The number of rotatable bonds is 14. The fourth-order valence-electron chi connectivity index (χ4n) is 5.60. The van der Waals surface area contributed by atoms with E-state index in [2.05, 4.69) is 6.92 Å². The lowest BCUT2D eigenvalue weighted by Crippen LogP contribution is -2.62. The molecule has 49 heavy (non-hydrogen) atoms. The van der Waals surface area contributed by atoms with E-state index in [1.54, 1.807) is 121 Å². The molecule has 0 unspecified atom stereocenters. The Kier molecular flexibility index (Phi) is 12.7. The van der Waals surface area contributed by atoms with Gasteiger partial charge in [0.05, 0.1) is 22.3 Å². The standard InChI is InChI=1S/C40H40O9/c1-2-3-4-5-18-27-32-33(46-36(41)28-19-10-6-11-20-28)34(47-37(42)29-21-12-7-13-22-29)35(48-38(43)30-23-14-8-15-24-30)40(45-32)49-39(44)31-25-16-9-17-26-31/h6-17,19-26,32-35,40H,2-5,18,27H2,1H3/t32-,33+,34+,35-,40-/m0/s1. The van der Waals surface area contributed by atoms with Gasteiger partial charge in [-0.3, -0.25) is 0 Å². The zero-order valence-corrected chi connectivity index (χ0v) is 27.4. The molecule has 0 aromatic heterocycles. The Labute approximate surface area is 286 Å². The molecule has 1 heterocycles. The predicted octanol–water partition coefficient (Wildman–Crippen LogP) is 7.61. The van der Waals surface area contributed by atoms with Crippen molar-refractivity contribution in [3.8, 4) is 0 Å². The van der Waals surface area contributed by atoms with E-state index in [-0.39, 0.29) is 22.3 Å². The topological polar surface area (TPSA) is 114 Å². The summed E-state index contributed by atoms with van der Waals surface area (Å²) < 4.78 is 30.5. The van der Waals surface area contributed by atoms with Gasteiger partial charge in [-0.05, 0) is 55.0 Å². The van der Waals surface area contributed by atoms with E-state index in [0.29, 0.717) is 12.8 Å². The van der Waals surface area contributed by atoms with Gasteiger partial charge < -0.3 is 23.7 Å². The lowest BCUT2D eigenvalue weighted by atomic mass is 9.93. The van der Waals surface area contributed by atoms with Gasteiger partial charge in [0, 0.05) is 0 Å². The van der Waals surface area contributed by atoms with Crippen LogP contribution in [0.15, 0.2) is 121 Å². The number of benzene rings is 4. The van der Waals surface area contributed by atoms with Crippen molar-refractivity contribution < 1.29 is 42.9 Å². The van der Waals surface area contributed by atoms with Crippen molar-refractivity contribution in [2.75, 3.05) is 0 Å². The average Bonchev–Trinajstić information content (AvgIpc) is 3.15. The molecular weight excluding hydrogens is 624 g/mol. The Morgan fingerprint density at radius 2 is 0.837 bits per heavy atom. The van der Waals surface area contributed by atoms with Crippen LogP contribution in [0.1, 0.15) is 86.9 Å². The van der Waals surface area contributed by atoms with Crippen LogP contribution in [0.4, 0.5) is 0 Å². The first kappa shape index (κ1) is 35.0. The number of esters is 4. The molecule has 0 amide bonds. The Bertz CT molecular complexity index is 1640. The first-order chi connectivity index (χ1) is 23.9. The molecule has 1 saturated heterocycles. The van der Waals surface area contributed by atoms with Gasteiger partial charge in [0.1, 0.15) is 6.10 Å². The van der Waals surface area contributed by atoms with Crippen molar-refractivity contribution in [2.24, 2.45) is 0 Å². The van der Waals surface area contributed by atoms with Gasteiger partial charge in [0.2, 0.25) is 12.4 Å². The van der Waals surface area contributed by atoms with Gasteiger partial charge in [-0.1, -0.05) is 112 Å². The summed E-state index contributed by atoms with van der Waals surface area (Å²) in [6.07, 6.45) is -1.50. The molecule has 1 aliphatic rings. The number of hydrogen-bond donors (Lipinski definition) is 0. The Morgan fingerprint density at radius 3 is 1.27 bits per heavy atom. The predicted molar refractivity (Wildman–Crippen MR) is 181 cm³/mol. The smallest absolute Gasteiger partial charge is 0.340 e. The Hall–Kier alpha value is -5.28. The first-order valence-electron chi connectivity index (χ1n) is 16.6. The number of unbranched alkanes of at least 4 members (excludes halogenated alkanes) is 4. The van der Waals surface area contributed by atoms with Gasteiger partial charge in [-0.2, -0.15) is 0 Å². The van der Waals surface area contributed by atoms with Crippen LogP contribution in [0, 0.1) is 0 Å². The third-order valence-electron chi connectivity index (χ3n) is 8.17. The SMILES string of the molecule is CCCCCCC[C@@H]1O[C@@H](OC(=O)c2ccccc2)[C@@H](OC(=O)c2ccccc2)[C@H](OC(=O)c2ccccc2)[C@@H]1OC(=O)c1ccccc1. The Balaban J connectivity index is 1.55. The van der Waals surface area contributed by atoms with Crippen LogP contribution in [-0.4, -0.2) is 54.6 Å². The number of hydrogen-bond acceptors (Lipinski definition) is 9. The highest BCUT2D eigenvalue weighted by atomic mass is 16.7. The second kappa shape index (κ2) is 17.8. The second-order valence-electron chi connectivity index (χ2n) is 11.7. The molecule has 254 valence electrons. The highest BCUT2D eigenvalue weighted by Gasteiger charge is 2.54. The minimum absolute atomic E-state index is 0.208. The summed E-state index contributed by atoms with van der Waals surface area (Å²) in [5.41, 5.74) is 0.947. The van der Waals surface area contributed by atoms with Gasteiger partial charge in [-0.25, -0.2) is 19.2 Å². The van der Waals surface area contributed by atoms with E-state index in [1.807, 2.05) is 0 Å². The minimum atomic E-state index is -1.52. The summed E-state index contributed by atoms with van der Waals surface area (Å²) in [5, 5.41) is 0. The zero-order chi connectivity index (χ0) is 34.4. The van der Waals surface area contributed by atoms with Crippen molar-refractivity contribution in [3.63, 3.8) is 0 Å². The molecule has 1 fully saturated rings. The molecule has 1 aliphatic heterocycles. The van der Waals surface area contributed by atoms with E-state index in [0.717, 1.165) is 25.7 Å². The summed E-state index contributed by atoms with van der Waals surface area (Å²) in [5.74, 6) is -2.94. The second-order valence-corrected chi connectivity index (χ2v) is 11.7. The summed E-state index contributed by atoms with van der Waals surface area (Å²) in [7, 11) is 0. The maximum atomic E-state index is 13.7. The molecule has 0 N–H and O–H groups in total. The highest BCUT2D eigenvalue weighted by Crippen LogP contribution is 2.34. The summed E-state index contributed by atoms with van der Waals surface area (Å²) in [4.78, 5) is 54.2. The van der Waals surface area contributed by atoms with E-state index in [4.69, 9.17) is 23.7 Å². The van der Waals surface area contributed by atoms with Crippen LogP contribution in [0.3, 0.4) is 0 Å². The third-order valence-corrected chi connectivity index (χ3v) is 8.17. The molecule has 0 bridgehead atoms. The zero-order valence-electron chi connectivity index (χ0n) is 27.4. The van der Waals surface area contributed by atoms with Crippen molar-refractivity contribution in [3.05, 3.63) is 144 Å². The van der Waals surface area contributed by atoms with Gasteiger partial charge in [0.15, 0.2) is 12.2 Å². The van der Waals surface area contributed by atoms with Gasteiger partial charge in [-0.15, -0.1) is 0 Å². The maximum absolute atomic E-state index is 13.7. The third kappa shape index (κ3) is 9.64. The molecule has 9 heteroatoms. The fraction of sp³-hybridized carbons (Fsp3) is 0.300. The van der Waals surface area contributed by atoms with Crippen molar-refractivity contribution >= 4 is 23.9 Å². The molecule has 0 radical (unpaired) electrons. The van der Waals surface area contributed by atoms with Gasteiger partial charge in [0.25, 0.3) is 0 Å². The van der Waals surface area contributed by atoms with Crippen LogP contribution in [0.5, 0.6) is 0 Å². The molecule has 0 saturated carbocycles. The lowest BCUT2D eigenvalue weighted by molar-refractivity contribution is -0.279. The van der Waals surface area contributed by atoms with E-state index >= 15 is 0 Å². The van der Waals surface area contributed by atoms with Crippen molar-refractivity contribution in [1.82, 2.24) is 0 Å². The molecule has 4 aromatic rings. The quantitative estimate of drug-likeness (QED) is 0.0763. The molecule has 0 aliphatic carbocycles. The summed E-state index contributed by atoms with van der Waals surface area (Å²) in [6.45, 7) is 2.12. The van der Waals surface area contributed by atoms with Crippen LogP contribution in [-0.2, 0) is 23.7 Å². The fourth-order valence-corrected chi connectivity index (χ4v) is 5.60. The number of carbonyl (C=O) groups is 4. The van der Waals surface area contributed by atoms with E-state index in [9.17, 15) is 19.2 Å². The highest BCUT2D eigenvalue weighted by molar-refractivity contribution is 5.92. The van der Waals surface area contributed by atoms with E-state index < -0.39 is 54.6 Å².